The van der Waals surface area contributed by atoms with E-state index in [2.05, 4.69) is 0 Å². The zero-order chi connectivity index (χ0) is 14.6. The largest absolute Gasteiger partial charge is 0.496 e. The highest BCUT2D eigenvalue weighted by Crippen LogP contribution is 2.28. The van der Waals surface area contributed by atoms with Crippen LogP contribution in [0.25, 0.3) is 0 Å². The first-order chi connectivity index (χ1) is 8.86. The predicted octanol–water partition coefficient (Wildman–Crippen LogP) is 2.64. The fourth-order valence-electron chi connectivity index (χ4n) is 1.94. The topological polar surface area (TPSA) is 46.6 Å². The van der Waals surface area contributed by atoms with Gasteiger partial charge in [0.05, 0.1) is 7.11 Å². The van der Waals surface area contributed by atoms with Gasteiger partial charge in [-0.1, -0.05) is 0 Å². The van der Waals surface area contributed by atoms with Crippen LogP contribution < -0.4 is 9.64 Å². The molecule has 0 N–H and O–H groups in total. The summed E-state index contributed by atoms with van der Waals surface area (Å²) in [6.45, 7) is 5.37. The molecule has 1 amide bonds. The van der Waals surface area contributed by atoms with Crippen molar-refractivity contribution >= 4 is 17.4 Å². The van der Waals surface area contributed by atoms with Gasteiger partial charge in [0, 0.05) is 25.6 Å². The molecule has 0 aliphatic carbocycles. The number of benzene rings is 1. The molecule has 0 aliphatic heterocycles. The second-order valence-corrected chi connectivity index (χ2v) is 4.76. The third-order valence-corrected chi connectivity index (χ3v) is 3.14. The van der Waals surface area contributed by atoms with E-state index < -0.39 is 0 Å². The molecule has 0 atom stereocenters. The standard InChI is InChI=1S/C15H21NO3/c1-10-9-14(19-5)11(2)8-13(10)16(4)15(18)7-6-12(3)17/h8-9H,6-7H2,1-5H3. The molecule has 0 spiro atoms. The fraction of sp³-hybridized carbons (Fsp3) is 0.467. The summed E-state index contributed by atoms with van der Waals surface area (Å²) in [5.41, 5.74) is 2.81. The summed E-state index contributed by atoms with van der Waals surface area (Å²) in [6.07, 6.45) is 0.535. The number of methoxy groups -OCH3 is 1. The van der Waals surface area contributed by atoms with Crippen molar-refractivity contribution in [1.29, 1.82) is 0 Å². The van der Waals surface area contributed by atoms with E-state index in [0.29, 0.717) is 0 Å². The number of amides is 1. The van der Waals surface area contributed by atoms with Crippen molar-refractivity contribution in [2.75, 3.05) is 19.1 Å². The Hall–Kier alpha value is -1.84. The normalized spacial score (nSPS) is 10.2. The van der Waals surface area contributed by atoms with Gasteiger partial charge in [-0.3, -0.25) is 4.79 Å². The van der Waals surface area contributed by atoms with Gasteiger partial charge in [0.1, 0.15) is 11.5 Å². The monoisotopic (exact) mass is 263 g/mol. The number of nitrogens with zero attached hydrogens (tertiary/aromatic N) is 1. The fourth-order valence-corrected chi connectivity index (χ4v) is 1.94. The maximum absolute atomic E-state index is 12.0. The van der Waals surface area contributed by atoms with E-state index in [0.717, 1.165) is 22.6 Å². The highest BCUT2D eigenvalue weighted by molar-refractivity contribution is 5.95. The molecule has 104 valence electrons. The third-order valence-electron chi connectivity index (χ3n) is 3.14. The van der Waals surface area contributed by atoms with Crippen molar-refractivity contribution in [1.82, 2.24) is 0 Å². The van der Waals surface area contributed by atoms with Gasteiger partial charge < -0.3 is 14.4 Å². The number of hydrogen-bond donors (Lipinski definition) is 0. The lowest BCUT2D eigenvalue weighted by Gasteiger charge is -2.21. The van der Waals surface area contributed by atoms with Crippen LogP contribution in [0.3, 0.4) is 0 Å². The van der Waals surface area contributed by atoms with E-state index in [1.54, 1.807) is 19.1 Å². The average Bonchev–Trinajstić information content (AvgIpc) is 2.37. The van der Waals surface area contributed by atoms with Crippen LogP contribution in [0.5, 0.6) is 5.75 Å². The van der Waals surface area contributed by atoms with Gasteiger partial charge in [0.25, 0.3) is 0 Å². The number of hydrogen-bond acceptors (Lipinski definition) is 3. The number of aryl methyl sites for hydroxylation is 2. The minimum absolute atomic E-state index is 0.0318. The van der Waals surface area contributed by atoms with Crippen LogP contribution in [0.1, 0.15) is 30.9 Å². The van der Waals surface area contributed by atoms with Gasteiger partial charge in [-0.15, -0.1) is 0 Å². The first-order valence-electron chi connectivity index (χ1n) is 6.28. The lowest BCUT2D eigenvalue weighted by molar-refractivity contribution is -0.122. The van der Waals surface area contributed by atoms with Crippen LogP contribution in [-0.2, 0) is 9.59 Å². The summed E-state index contributed by atoms with van der Waals surface area (Å²) in [5, 5.41) is 0. The molecule has 0 heterocycles. The molecule has 0 fully saturated rings. The van der Waals surface area contributed by atoms with Gasteiger partial charge in [0.2, 0.25) is 5.91 Å². The molecule has 19 heavy (non-hydrogen) atoms. The van der Waals surface area contributed by atoms with E-state index in [4.69, 9.17) is 4.74 Å². The van der Waals surface area contributed by atoms with E-state index in [1.165, 1.54) is 6.92 Å². The lowest BCUT2D eigenvalue weighted by atomic mass is 10.1. The summed E-state index contributed by atoms with van der Waals surface area (Å²) in [6, 6.07) is 3.85. The third kappa shape index (κ3) is 3.81. The number of carbonyl (C=O) groups excluding carboxylic acids is 2. The summed E-state index contributed by atoms with van der Waals surface area (Å²) in [7, 11) is 3.36. The summed E-state index contributed by atoms with van der Waals surface area (Å²) in [4.78, 5) is 24.5. The van der Waals surface area contributed by atoms with E-state index in [-0.39, 0.29) is 24.5 Å². The summed E-state index contributed by atoms with van der Waals surface area (Å²) in [5.74, 6) is 0.790. The molecule has 4 nitrogen and oxygen atoms in total. The Kier molecular flexibility index (Phi) is 5.10. The van der Waals surface area contributed by atoms with Crippen LogP contribution in [0.15, 0.2) is 12.1 Å². The molecule has 4 heteroatoms. The predicted molar refractivity (Wildman–Crippen MR) is 75.8 cm³/mol. The van der Waals surface area contributed by atoms with Crippen molar-refractivity contribution in [2.45, 2.75) is 33.6 Å². The van der Waals surface area contributed by atoms with Crippen LogP contribution in [0, 0.1) is 13.8 Å². The first kappa shape index (κ1) is 15.2. The Balaban J connectivity index is 2.93. The van der Waals surface area contributed by atoms with E-state index in [9.17, 15) is 9.59 Å². The van der Waals surface area contributed by atoms with Crippen molar-refractivity contribution < 1.29 is 14.3 Å². The highest BCUT2D eigenvalue weighted by Gasteiger charge is 2.15. The average molecular weight is 263 g/mol. The van der Waals surface area contributed by atoms with E-state index in [1.807, 2.05) is 26.0 Å². The maximum Gasteiger partial charge on any atom is 0.227 e. The molecular weight excluding hydrogens is 242 g/mol. The van der Waals surface area contributed by atoms with Crippen molar-refractivity contribution in [3.63, 3.8) is 0 Å². The van der Waals surface area contributed by atoms with Gasteiger partial charge in [-0.2, -0.15) is 0 Å². The van der Waals surface area contributed by atoms with Crippen LogP contribution in [-0.4, -0.2) is 25.8 Å². The highest BCUT2D eigenvalue weighted by atomic mass is 16.5. The molecule has 0 saturated carbocycles. The number of ether oxygens (including phenoxy) is 1. The number of anilines is 1. The van der Waals surface area contributed by atoms with Gasteiger partial charge >= 0.3 is 0 Å². The molecule has 0 unspecified atom stereocenters. The summed E-state index contributed by atoms with van der Waals surface area (Å²) >= 11 is 0. The Bertz CT molecular complexity index is 494. The minimum Gasteiger partial charge on any atom is -0.496 e. The van der Waals surface area contributed by atoms with Crippen molar-refractivity contribution in [2.24, 2.45) is 0 Å². The molecule has 1 rings (SSSR count). The molecule has 0 aliphatic rings. The molecule has 0 radical (unpaired) electrons. The number of ketones is 1. The Morgan fingerprint density at radius 2 is 1.79 bits per heavy atom. The molecule has 0 aromatic heterocycles. The summed E-state index contributed by atoms with van der Waals surface area (Å²) < 4.78 is 5.25. The van der Waals surface area contributed by atoms with Crippen LogP contribution in [0.2, 0.25) is 0 Å². The van der Waals surface area contributed by atoms with Gasteiger partial charge in [-0.05, 0) is 44.0 Å². The van der Waals surface area contributed by atoms with Crippen LogP contribution in [0.4, 0.5) is 5.69 Å². The maximum atomic E-state index is 12.0. The molecular formula is C15H21NO3. The first-order valence-corrected chi connectivity index (χ1v) is 6.28. The second-order valence-electron chi connectivity index (χ2n) is 4.76. The van der Waals surface area contributed by atoms with Crippen molar-refractivity contribution in [3.8, 4) is 5.75 Å². The Labute approximate surface area is 114 Å². The van der Waals surface area contributed by atoms with Crippen molar-refractivity contribution in [3.05, 3.63) is 23.3 Å². The second kappa shape index (κ2) is 6.36. The van der Waals surface area contributed by atoms with Crippen LogP contribution >= 0.6 is 0 Å². The Morgan fingerprint density at radius 1 is 1.16 bits per heavy atom. The number of carbonyl (C=O) groups is 2. The van der Waals surface area contributed by atoms with Gasteiger partial charge in [-0.25, -0.2) is 0 Å². The smallest absolute Gasteiger partial charge is 0.227 e. The number of rotatable bonds is 5. The molecule has 1 aromatic carbocycles. The quantitative estimate of drug-likeness (QED) is 0.820. The zero-order valence-corrected chi connectivity index (χ0v) is 12.2. The molecule has 1 aromatic rings. The molecule has 0 bridgehead atoms. The molecule has 0 saturated heterocycles. The van der Waals surface area contributed by atoms with Gasteiger partial charge in [0.15, 0.2) is 0 Å². The lowest BCUT2D eigenvalue weighted by Crippen LogP contribution is -2.27. The van der Waals surface area contributed by atoms with E-state index >= 15 is 0 Å². The minimum atomic E-state index is -0.0529. The number of Topliss-reactive ketones (excluding diaryl/α,β-unsaturated/α-hetero) is 1. The Morgan fingerprint density at radius 3 is 2.32 bits per heavy atom. The SMILES string of the molecule is COc1cc(C)c(N(C)C(=O)CCC(C)=O)cc1C. The zero-order valence-electron chi connectivity index (χ0n) is 12.2.